The van der Waals surface area contributed by atoms with Crippen LogP contribution in [0.4, 0.5) is 0 Å². The number of rotatable bonds is 5. The molecule has 0 aromatic heterocycles. The Hall–Kier alpha value is -2.69. The molecule has 0 fully saturated rings. The Morgan fingerprint density at radius 2 is 0.647 bits per heavy atom. The first-order valence-electron chi connectivity index (χ1n) is 12.3. The van der Waals surface area contributed by atoms with Crippen molar-refractivity contribution in [2.45, 2.75) is 61.6 Å². The summed E-state index contributed by atoms with van der Waals surface area (Å²) in [4.78, 5) is 0. The molecule has 4 rings (SSSR count). The molecule has 174 valence electrons. The summed E-state index contributed by atoms with van der Waals surface area (Å²) in [6.45, 7) is 18.1. The summed E-state index contributed by atoms with van der Waals surface area (Å²) in [5.41, 5.74) is 12.7. The van der Waals surface area contributed by atoms with Gasteiger partial charge in [-0.3, -0.25) is 0 Å². The first-order chi connectivity index (χ1) is 16.1. The van der Waals surface area contributed by atoms with Crippen LogP contribution in [0.1, 0.15) is 50.1 Å². The second-order valence-corrected chi connectivity index (χ2v) is 13.6. The summed E-state index contributed by atoms with van der Waals surface area (Å²) >= 11 is 0. The van der Waals surface area contributed by atoms with Gasteiger partial charge in [-0.05, 0) is 125 Å². The van der Waals surface area contributed by atoms with Crippen LogP contribution in [0.5, 0.6) is 0 Å². The van der Waals surface area contributed by atoms with Crippen LogP contribution in [0.15, 0.2) is 72.8 Å². The number of hydrogen-bond donors (Lipinski definition) is 0. The average molecular weight is 466 g/mol. The lowest BCUT2D eigenvalue weighted by atomic mass is 9.90. The summed E-state index contributed by atoms with van der Waals surface area (Å²) in [5, 5.41) is 4.38. The summed E-state index contributed by atoms with van der Waals surface area (Å²) in [6.07, 6.45) is 1.04. The van der Waals surface area contributed by atoms with E-state index in [1.54, 1.807) is 0 Å². The molecule has 0 nitrogen and oxygen atoms in total. The van der Waals surface area contributed by atoms with Crippen molar-refractivity contribution < 1.29 is 0 Å². The van der Waals surface area contributed by atoms with E-state index in [9.17, 15) is 0 Å². The molecule has 0 spiro atoms. The summed E-state index contributed by atoms with van der Waals surface area (Å²) in [6, 6.07) is 28.1. The molecule has 0 aliphatic rings. The van der Waals surface area contributed by atoms with E-state index in [0.29, 0.717) is 0 Å². The predicted molar refractivity (Wildman–Crippen MR) is 153 cm³/mol. The Kier molecular flexibility index (Phi) is 6.84. The highest BCUT2D eigenvalue weighted by molar-refractivity contribution is 7.95. The van der Waals surface area contributed by atoms with Crippen LogP contribution in [-0.2, 0) is 6.16 Å². The number of aryl methyl sites for hydroxylation is 3. The van der Waals surface area contributed by atoms with Gasteiger partial charge >= 0.3 is 0 Å². The molecule has 0 saturated carbocycles. The highest BCUT2D eigenvalue weighted by Crippen LogP contribution is 2.59. The Labute approximate surface area is 207 Å². The van der Waals surface area contributed by atoms with Crippen molar-refractivity contribution in [2.75, 3.05) is 0 Å². The van der Waals surface area contributed by atoms with Gasteiger partial charge in [0.15, 0.2) is 0 Å². The maximum absolute atomic E-state index is 2.39. The van der Waals surface area contributed by atoms with Gasteiger partial charge in [0.2, 0.25) is 0 Å². The molecule has 0 aliphatic carbocycles. The molecule has 34 heavy (non-hydrogen) atoms. The molecule has 0 heterocycles. The zero-order valence-corrected chi connectivity index (χ0v) is 23.0. The molecule has 0 saturated heterocycles. The van der Waals surface area contributed by atoms with Crippen LogP contribution < -0.4 is 15.9 Å². The normalized spacial score (nSPS) is 11.6. The lowest BCUT2D eigenvalue weighted by Gasteiger charge is -2.30. The van der Waals surface area contributed by atoms with Crippen molar-refractivity contribution in [3.8, 4) is 0 Å². The first-order valence-corrected chi connectivity index (χ1v) is 14.3. The summed E-state index contributed by atoms with van der Waals surface area (Å²) in [5.74, 6) is 0. The minimum atomic E-state index is -1.94. The minimum Gasteiger partial charge on any atom is -0.0554 e. The zero-order valence-electron chi connectivity index (χ0n) is 22.1. The second-order valence-electron chi connectivity index (χ2n) is 10.1. The molecule has 0 unspecified atom stereocenters. The smallest absolute Gasteiger partial charge is 0.0554 e. The third-order valence-electron chi connectivity index (χ3n) is 7.97. The topological polar surface area (TPSA) is 0 Å². The SMILES string of the molecule is Cc1ccc([P+](Cc2c(C)c(C)c(C)c(C)c2C)(c2ccc(C)cc2)c2ccc(C)cc2)cc1. The molecular weight excluding hydrogens is 427 g/mol. The van der Waals surface area contributed by atoms with Gasteiger partial charge in [0, 0.05) is 0 Å². The fraction of sp³-hybridized carbons (Fsp3) is 0.273. The quantitative estimate of drug-likeness (QED) is 0.266. The Morgan fingerprint density at radius 1 is 0.382 bits per heavy atom. The third kappa shape index (κ3) is 4.25. The largest absolute Gasteiger partial charge is 0.116 e. The van der Waals surface area contributed by atoms with Gasteiger partial charge in [0.05, 0.1) is 6.16 Å². The average Bonchev–Trinajstić information content (AvgIpc) is 2.84. The molecule has 4 aromatic rings. The lowest BCUT2D eigenvalue weighted by molar-refractivity contribution is 1.11. The Balaban J connectivity index is 2.10. The molecule has 0 radical (unpaired) electrons. The predicted octanol–water partition coefficient (Wildman–Crippen LogP) is 7.65. The molecule has 0 aliphatic heterocycles. The Morgan fingerprint density at radius 3 is 0.941 bits per heavy atom. The van der Waals surface area contributed by atoms with Gasteiger partial charge in [0.25, 0.3) is 0 Å². The third-order valence-corrected chi connectivity index (χ3v) is 12.3. The van der Waals surface area contributed by atoms with Crippen molar-refractivity contribution in [3.63, 3.8) is 0 Å². The molecule has 0 bridgehead atoms. The van der Waals surface area contributed by atoms with Gasteiger partial charge in [0.1, 0.15) is 23.2 Å². The lowest BCUT2D eigenvalue weighted by Crippen LogP contribution is -2.33. The van der Waals surface area contributed by atoms with E-state index in [1.165, 1.54) is 66.0 Å². The maximum Gasteiger partial charge on any atom is 0.116 e. The van der Waals surface area contributed by atoms with Crippen LogP contribution in [0.3, 0.4) is 0 Å². The standard InChI is InChI=1S/C33H38P/c1-22-9-15-30(16-10-22)34(31-17-11-23(2)12-18-31,32-19-13-24(3)14-20-32)21-33-28(7)26(5)25(4)27(6)29(33)8/h9-20H,21H2,1-8H3/q+1. The van der Waals surface area contributed by atoms with Crippen molar-refractivity contribution in [2.24, 2.45) is 0 Å². The van der Waals surface area contributed by atoms with Crippen molar-refractivity contribution >= 4 is 23.2 Å². The molecule has 0 atom stereocenters. The van der Waals surface area contributed by atoms with Crippen molar-refractivity contribution in [1.82, 2.24) is 0 Å². The fourth-order valence-electron chi connectivity index (χ4n) is 5.17. The molecule has 0 amide bonds. The Bertz CT molecular complexity index is 1170. The molecule has 1 heteroatoms. The molecule has 4 aromatic carbocycles. The van der Waals surface area contributed by atoms with E-state index >= 15 is 0 Å². The number of benzene rings is 4. The number of hydrogen-bond acceptors (Lipinski definition) is 0. The maximum atomic E-state index is 2.39. The van der Waals surface area contributed by atoms with Crippen LogP contribution >= 0.6 is 7.26 Å². The van der Waals surface area contributed by atoms with E-state index in [2.05, 4.69) is 128 Å². The highest BCUT2D eigenvalue weighted by Gasteiger charge is 2.46. The van der Waals surface area contributed by atoms with Gasteiger partial charge in [-0.15, -0.1) is 0 Å². The van der Waals surface area contributed by atoms with Crippen LogP contribution in [0, 0.1) is 55.4 Å². The zero-order chi connectivity index (χ0) is 24.6. The van der Waals surface area contributed by atoms with Gasteiger partial charge in [-0.25, -0.2) is 0 Å². The van der Waals surface area contributed by atoms with Gasteiger partial charge < -0.3 is 0 Å². The van der Waals surface area contributed by atoms with E-state index in [4.69, 9.17) is 0 Å². The van der Waals surface area contributed by atoms with Crippen LogP contribution in [0.25, 0.3) is 0 Å². The molecule has 0 N–H and O–H groups in total. The monoisotopic (exact) mass is 465 g/mol. The highest BCUT2D eigenvalue weighted by atomic mass is 31.2. The van der Waals surface area contributed by atoms with E-state index in [-0.39, 0.29) is 0 Å². The van der Waals surface area contributed by atoms with E-state index < -0.39 is 7.26 Å². The fourth-order valence-corrected chi connectivity index (χ4v) is 9.54. The van der Waals surface area contributed by atoms with Crippen LogP contribution in [-0.4, -0.2) is 0 Å². The second kappa shape index (κ2) is 9.52. The van der Waals surface area contributed by atoms with Gasteiger partial charge in [-0.1, -0.05) is 53.1 Å². The van der Waals surface area contributed by atoms with E-state index in [0.717, 1.165) is 6.16 Å². The first kappa shape index (κ1) is 24.4. The molecular formula is C33H38P+. The minimum absolute atomic E-state index is 1.04. The van der Waals surface area contributed by atoms with Crippen molar-refractivity contribution in [3.05, 3.63) is 123 Å². The van der Waals surface area contributed by atoms with Gasteiger partial charge in [-0.2, -0.15) is 0 Å². The summed E-state index contributed by atoms with van der Waals surface area (Å²) in [7, 11) is -1.94. The van der Waals surface area contributed by atoms with Crippen LogP contribution in [0.2, 0.25) is 0 Å². The van der Waals surface area contributed by atoms with Crippen molar-refractivity contribution in [1.29, 1.82) is 0 Å². The van der Waals surface area contributed by atoms with E-state index in [1.807, 2.05) is 0 Å². The summed E-state index contributed by atoms with van der Waals surface area (Å²) < 4.78 is 0.